The minimum absolute atomic E-state index is 0.138. The molecule has 0 saturated heterocycles. The molecular formula is C18H16ClN3O. The molecule has 2 aromatic carbocycles. The topological polar surface area (TPSA) is 46.9 Å². The molecule has 1 N–H and O–H groups in total. The standard InChI is InChI=1S/C18H16ClN3O/c19-17-8-3-7-14(11-17)18(23)20-12-15-5-1-2-6-16(15)13-22-10-4-9-21-22/h1-11H,12-13H2,(H,20,23). The highest BCUT2D eigenvalue weighted by atomic mass is 35.5. The molecule has 0 aliphatic heterocycles. The van der Waals surface area contributed by atoms with Gasteiger partial charge < -0.3 is 5.32 Å². The number of nitrogens with one attached hydrogen (secondary N) is 1. The summed E-state index contributed by atoms with van der Waals surface area (Å²) in [4.78, 5) is 12.2. The first-order valence-corrected chi connectivity index (χ1v) is 7.68. The lowest BCUT2D eigenvalue weighted by Gasteiger charge is -2.11. The first-order chi connectivity index (χ1) is 11.2. The van der Waals surface area contributed by atoms with Gasteiger partial charge in [-0.15, -0.1) is 0 Å². The summed E-state index contributed by atoms with van der Waals surface area (Å²) in [7, 11) is 0. The van der Waals surface area contributed by atoms with Gasteiger partial charge >= 0.3 is 0 Å². The Morgan fingerprint density at radius 2 is 1.91 bits per heavy atom. The van der Waals surface area contributed by atoms with Crippen molar-refractivity contribution in [1.29, 1.82) is 0 Å². The lowest BCUT2D eigenvalue weighted by molar-refractivity contribution is 0.0951. The van der Waals surface area contributed by atoms with Crippen LogP contribution in [0.1, 0.15) is 21.5 Å². The molecule has 0 spiro atoms. The molecule has 3 rings (SSSR count). The number of hydrogen-bond donors (Lipinski definition) is 1. The monoisotopic (exact) mass is 325 g/mol. The van der Waals surface area contributed by atoms with Gasteiger partial charge in [0.05, 0.1) is 6.54 Å². The van der Waals surface area contributed by atoms with Gasteiger partial charge in [-0.1, -0.05) is 41.9 Å². The number of nitrogens with zero attached hydrogens (tertiary/aromatic N) is 2. The third-order valence-electron chi connectivity index (χ3n) is 3.54. The van der Waals surface area contributed by atoms with E-state index in [9.17, 15) is 4.79 Å². The van der Waals surface area contributed by atoms with Gasteiger partial charge in [-0.2, -0.15) is 5.10 Å². The van der Waals surface area contributed by atoms with E-state index in [2.05, 4.69) is 10.4 Å². The number of benzene rings is 2. The van der Waals surface area contributed by atoms with Crippen LogP contribution < -0.4 is 5.32 Å². The summed E-state index contributed by atoms with van der Waals surface area (Å²) >= 11 is 5.92. The second-order valence-electron chi connectivity index (χ2n) is 5.17. The fraction of sp³-hybridized carbons (Fsp3) is 0.111. The van der Waals surface area contributed by atoms with E-state index < -0.39 is 0 Å². The van der Waals surface area contributed by atoms with Crippen LogP contribution in [0.3, 0.4) is 0 Å². The van der Waals surface area contributed by atoms with Gasteiger partial charge in [-0.25, -0.2) is 0 Å². The second kappa shape index (κ2) is 7.11. The highest BCUT2D eigenvalue weighted by Gasteiger charge is 2.08. The van der Waals surface area contributed by atoms with Crippen LogP contribution in [0.25, 0.3) is 0 Å². The van der Waals surface area contributed by atoms with Crippen LogP contribution in [-0.2, 0) is 13.1 Å². The van der Waals surface area contributed by atoms with Crippen LogP contribution in [-0.4, -0.2) is 15.7 Å². The molecule has 23 heavy (non-hydrogen) atoms. The summed E-state index contributed by atoms with van der Waals surface area (Å²) in [6.45, 7) is 1.14. The normalized spacial score (nSPS) is 10.5. The van der Waals surface area contributed by atoms with E-state index in [0.29, 0.717) is 23.7 Å². The third kappa shape index (κ3) is 3.99. The van der Waals surface area contributed by atoms with E-state index in [1.807, 2.05) is 41.2 Å². The first-order valence-electron chi connectivity index (χ1n) is 7.30. The Bertz CT molecular complexity index is 800. The molecule has 4 nitrogen and oxygen atoms in total. The number of hydrogen-bond acceptors (Lipinski definition) is 2. The lowest BCUT2D eigenvalue weighted by atomic mass is 10.1. The summed E-state index contributed by atoms with van der Waals surface area (Å²) in [6.07, 6.45) is 3.67. The Morgan fingerprint density at radius 3 is 2.65 bits per heavy atom. The van der Waals surface area contributed by atoms with Crippen LogP contribution in [0.15, 0.2) is 67.0 Å². The molecule has 0 saturated carbocycles. The average Bonchev–Trinajstić information content (AvgIpc) is 3.07. The Morgan fingerprint density at radius 1 is 1.09 bits per heavy atom. The molecular weight excluding hydrogens is 310 g/mol. The molecule has 5 heteroatoms. The van der Waals surface area contributed by atoms with Gasteiger partial charge in [0, 0.05) is 29.5 Å². The smallest absolute Gasteiger partial charge is 0.251 e. The van der Waals surface area contributed by atoms with Crippen molar-refractivity contribution in [2.24, 2.45) is 0 Å². The van der Waals surface area contributed by atoms with Gasteiger partial charge in [0.2, 0.25) is 0 Å². The highest BCUT2D eigenvalue weighted by molar-refractivity contribution is 6.30. The van der Waals surface area contributed by atoms with Crippen molar-refractivity contribution in [3.8, 4) is 0 Å². The molecule has 0 aliphatic carbocycles. The minimum Gasteiger partial charge on any atom is -0.348 e. The van der Waals surface area contributed by atoms with Crippen molar-refractivity contribution in [3.05, 3.63) is 88.7 Å². The molecule has 1 aromatic heterocycles. The summed E-state index contributed by atoms with van der Waals surface area (Å²) < 4.78 is 1.86. The van der Waals surface area contributed by atoms with E-state index in [1.54, 1.807) is 30.5 Å². The highest BCUT2D eigenvalue weighted by Crippen LogP contribution is 2.13. The quantitative estimate of drug-likeness (QED) is 0.780. The molecule has 0 atom stereocenters. The predicted molar refractivity (Wildman–Crippen MR) is 90.4 cm³/mol. The largest absolute Gasteiger partial charge is 0.348 e. The van der Waals surface area contributed by atoms with E-state index in [-0.39, 0.29) is 5.91 Å². The average molecular weight is 326 g/mol. The molecule has 0 aliphatic rings. The molecule has 1 heterocycles. The predicted octanol–water partition coefficient (Wildman–Crippen LogP) is 3.51. The number of amides is 1. The molecule has 116 valence electrons. The Labute approximate surface area is 139 Å². The fourth-order valence-electron chi connectivity index (χ4n) is 2.36. The van der Waals surface area contributed by atoms with Crippen LogP contribution in [0.5, 0.6) is 0 Å². The number of halogens is 1. The summed E-state index contributed by atoms with van der Waals surface area (Å²) in [6, 6.07) is 16.8. The summed E-state index contributed by atoms with van der Waals surface area (Å²) in [5.74, 6) is -0.138. The maximum Gasteiger partial charge on any atom is 0.251 e. The summed E-state index contributed by atoms with van der Waals surface area (Å²) in [5.41, 5.74) is 2.75. The lowest BCUT2D eigenvalue weighted by Crippen LogP contribution is -2.23. The van der Waals surface area contributed by atoms with E-state index in [1.165, 1.54) is 0 Å². The maximum atomic E-state index is 12.2. The molecule has 0 bridgehead atoms. The number of carbonyl (C=O) groups is 1. The molecule has 1 amide bonds. The van der Waals surface area contributed by atoms with Gasteiger partial charge in [-0.3, -0.25) is 9.48 Å². The Hall–Kier alpha value is -2.59. The zero-order valence-electron chi connectivity index (χ0n) is 12.4. The Balaban J connectivity index is 1.69. The van der Waals surface area contributed by atoms with Crippen molar-refractivity contribution in [2.45, 2.75) is 13.1 Å². The van der Waals surface area contributed by atoms with Crippen LogP contribution >= 0.6 is 11.6 Å². The van der Waals surface area contributed by atoms with Crippen LogP contribution in [0, 0.1) is 0 Å². The Kier molecular flexibility index (Phi) is 4.74. The molecule has 0 unspecified atom stereocenters. The van der Waals surface area contributed by atoms with Crippen LogP contribution in [0.2, 0.25) is 5.02 Å². The van der Waals surface area contributed by atoms with Crippen molar-refractivity contribution in [2.75, 3.05) is 0 Å². The molecule has 0 radical (unpaired) electrons. The van der Waals surface area contributed by atoms with Gasteiger partial charge in [0.15, 0.2) is 0 Å². The van der Waals surface area contributed by atoms with Crippen molar-refractivity contribution in [1.82, 2.24) is 15.1 Å². The number of carbonyl (C=O) groups excluding carboxylic acids is 1. The number of rotatable bonds is 5. The first kappa shape index (κ1) is 15.3. The van der Waals surface area contributed by atoms with Crippen LogP contribution in [0.4, 0.5) is 0 Å². The van der Waals surface area contributed by atoms with Crippen molar-refractivity contribution in [3.63, 3.8) is 0 Å². The van der Waals surface area contributed by atoms with Gasteiger partial charge in [-0.05, 0) is 35.4 Å². The SMILES string of the molecule is O=C(NCc1ccccc1Cn1cccn1)c1cccc(Cl)c1. The fourth-order valence-corrected chi connectivity index (χ4v) is 2.55. The third-order valence-corrected chi connectivity index (χ3v) is 3.77. The maximum absolute atomic E-state index is 12.2. The number of aromatic nitrogens is 2. The van der Waals surface area contributed by atoms with Crippen molar-refractivity contribution >= 4 is 17.5 Å². The van der Waals surface area contributed by atoms with E-state index in [0.717, 1.165) is 11.1 Å². The zero-order chi connectivity index (χ0) is 16.1. The van der Waals surface area contributed by atoms with E-state index >= 15 is 0 Å². The second-order valence-corrected chi connectivity index (χ2v) is 5.60. The van der Waals surface area contributed by atoms with E-state index in [4.69, 9.17) is 11.6 Å². The minimum atomic E-state index is -0.138. The van der Waals surface area contributed by atoms with Gasteiger partial charge in [0.1, 0.15) is 0 Å². The zero-order valence-corrected chi connectivity index (χ0v) is 13.2. The molecule has 3 aromatic rings. The van der Waals surface area contributed by atoms with Crippen molar-refractivity contribution < 1.29 is 4.79 Å². The van der Waals surface area contributed by atoms with Gasteiger partial charge in [0.25, 0.3) is 5.91 Å². The summed E-state index contributed by atoms with van der Waals surface area (Å²) in [5, 5.41) is 7.71. The molecule has 0 fully saturated rings.